The summed E-state index contributed by atoms with van der Waals surface area (Å²) in [5.41, 5.74) is 7.39. The average Bonchev–Trinajstić information content (AvgIpc) is 2.88. The average molecular weight is 489 g/mol. The Morgan fingerprint density at radius 1 is 0.486 bits per heavy atom. The van der Waals surface area contributed by atoms with Crippen LogP contribution >= 0.6 is 24.4 Å². The first-order valence-electron chi connectivity index (χ1n) is 11.3. The number of nitrogens with one attached hydrogen (secondary N) is 2. The van der Waals surface area contributed by atoms with Gasteiger partial charge in [-0.05, 0) is 52.2 Å². The maximum absolute atomic E-state index is 11.4. The largest absolute Gasteiger partial charge is 0.507 e. The van der Waals surface area contributed by atoms with Crippen LogP contribution < -0.4 is 0 Å². The summed E-state index contributed by atoms with van der Waals surface area (Å²) < 4.78 is 1.29. The molecule has 0 saturated carbocycles. The first kappa shape index (κ1) is 21.5. The zero-order valence-corrected chi connectivity index (χ0v) is 20.2. The number of hydrogen-bond acceptors (Lipinski definition) is 3. The van der Waals surface area contributed by atoms with E-state index in [0.717, 1.165) is 55.2 Å². The van der Waals surface area contributed by atoms with E-state index in [4.69, 9.17) is 24.4 Å². The quantitative estimate of drug-likeness (QED) is 0.218. The summed E-state index contributed by atoms with van der Waals surface area (Å²) in [4.78, 5) is 6.74. The smallest absolute Gasteiger partial charge is 0.124 e. The molecule has 0 atom stereocenters. The van der Waals surface area contributed by atoms with Gasteiger partial charge in [0.15, 0.2) is 0 Å². The summed E-state index contributed by atoms with van der Waals surface area (Å²) in [5, 5.41) is 13.4. The Bertz CT molecular complexity index is 1850. The number of pyridine rings is 2. The van der Waals surface area contributed by atoms with Gasteiger partial charge in [-0.3, -0.25) is 0 Å². The zero-order valence-electron chi connectivity index (χ0n) is 18.6. The van der Waals surface area contributed by atoms with Crippen molar-refractivity contribution in [2.24, 2.45) is 0 Å². The Labute approximate surface area is 212 Å². The number of fused-ring (bicyclic) bond motifs is 2. The molecule has 0 saturated heterocycles. The third-order valence-corrected chi connectivity index (χ3v) is 6.80. The van der Waals surface area contributed by atoms with Crippen LogP contribution in [-0.4, -0.2) is 15.1 Å². The highest BCUT2D eigenvalue weighted by Gasteiger charge is 2.21. The molecule has 0 spiro atoms. The normalized spacial score (nSPS) is 11.2. The monoisotopic (exact) mass is 488 g/mol. The Kier molecular flexibility index (Phi) is 5.29. The number of hydrogen-bond donors (Lipinski definition) is 3. The number of phenolic OH excluding ortho intramolecular Hbond substituents is 1. The predicted molar refractivity (Wildman–Crippen MR) is 150 cm³/mol. The lowest BCUT2D eigenvalue weighted by atomic mass is 9.85. The molecule has 0 radical (unpaired) electrons. The Morgan fingerprint density at radius 2 is 1.06 bits per heavy atom. The van der Waals surface area contributed by atoms with Gasteiger partial charge < -0.3 is 15.1 Å². The molecule has 0 aliphatic carbocycles. The summed E-state index contributed by atoms with van der Waals surface area (Å²) in [6, 6.07) is 34.0. The van der Waals surface area contributed by atoms with Gasteiger partial charge in [0.05, 0.1) is 11.0 Å². The molecular weight excluding hydrogens is 468 g/mol. The number of benzene rings is 4. The molecule has 2 aromatic heterocycles. The number of H-pyrrole nitrogens is 2. The number of phenols is 1. The molecule has 0 aliphatic rings. The van der Waals surface area contributed by atoms with E-state index in [1.807, 2.05) is 72.8 Å². The Hall–Kier alpha value is -4.06. The van der Waals surface area contributed by atoms with Crippen LogP contribution in [0.4, 0.5) is 0 Å². The SMILES string of the molecule is Oc1ccc(-c2ccccc2)c(-c2cccc3ccc(=S)[nH]c23)c1-c1cccc2ccc(=S)[nH]c12. The van der Waals surface area contributed by atoms with Crippen LogP contribution in [0.5, 0.6) is 5.75 Å². The highest BCUT2D eigenvalue weighted by atomic mass is 32.1. The highest BCUT2D eigenvalue weighted by molar-refractivity contribution is 7.71. The molecule has 3 N–H and O–H groups in total. The lowest BCUT2D eigenvalue weighted by molar-refractivity contribution is 0.477. The molecule has 6 aromatic rings. The van der Waals surface area contributed by atoms with Crippen LogP contribution in [-0.2, 0) is 0 Å². The maximum Gasteiger partial charge on any atom is 0.124 e. The van der Waals surface area contributed by atoms with Crippen molar-refractivity contribution in [1.82, 2.24) is 9.97 Å². The molecular formula is C30H20N2OS2. The van der Waals surface area contributed by atoms with Gasteiger partial charge in [-0.25, -0.2) is 0 Å². The summed E-state index contributed by atoms with van der Waals surface area (Å²) in [6.07, 6.45) is 0. The molecule has 0 bridgehead atoms. The molecule has 0 amide bonds. The van der Waals surface area contributed by atoms with Crippen LogP contribution in [0.15, 0.2) is 103 Å². The zero-order chi connectivity index (χ0) is 23.9. The van der Waals surface area contributed by atoms with Crippen LogP contribution in [0.25, 0.3) is 55.2 Å². The van der Waals surface area contributed by atoms with Gasteiger partial charge in [-0.1, -0.05) is 97.2 Å². The second kappa shape index (κ2) is 8.62. The molecule has 0 fully saturated rings. The van der Waals surface area contributed by atoms with Crippen molar-refractivity contribution >= 4 is 46.2 Å². The fourth-order valence-corrected chi connectivity index (χ4v) is 5.12. The van der Waals surface area contributed by atoms with Crippen molar-refractivity contribution in [2.75, 3.05) is 0 Å². The molecule has 3 nitrogen and oxygen atoms in total. The third-order valence-electron chi connectivity index (χ3n) is 6.33. The minimum absolute atomic E-state index is 0.196. The van der Waals surface area contributed by atoms with Gasteiger partial charge >= 0.3 is 0 Å². The third kappa shape index (κ3) is 3.75. The fraction of sp³-hybridized carbons (Fsp3) is 0. The second-order valence-electron chi connectivity index (χ2n) is 8.43. The van der Waals surface area contributed by atoms with Gasteiger partial charge in [0.25, 0.3) is 0 Å². The van der Waals surface area contributed by atoms with Crippen LogP contribution in [0, 0.1) is 9.28 Å². The minimum atomic E-state index is 0.196. The first-order valence-corrected chi connectivity index (χ1v) is 12.1. The summed E-state index contributed by atoms with van der Waals surface area (Å²) in [7, 11) is 0. The van der Waals surface area contributed by atoms with Gasteiger partial charge in [0.2, 0.25) is 0 Å². The molecule has 35 heavy (non-hydrogen) atoms. The number of para-hydroxylation sites is 2. The van der Waals surface area contributed by atoms with E-state index in [-0.39, 0.29) is 5.75 Å². The lowest BCUT2D eigenvalue weighted by Crippen LogP contribution is -1.95. The van der Waals surface area contributed by atoms with Crippen LogP contribution in [0.1, 0.15) is 0 Å². The number of aromatic amines is 2. The van der Waals surface area contributed by atoms with Gasteiger partial charge in [0, 0.05) is 22.3 Å². The fourth-order valence-electron chi connectivity index (χ4n) is 4.78. The first-order chi connectivity index (χ1) is 17.1. The summed E-state index contributed by atoms with van der Waals surface area (Å²) >= 11 is 10.9. The predicted octanol–water partition coefficient (Wildman–Crippen LogP) is 8.81. The van der Waals surface area contributed by atoms with Gasteiger partial charge in [-0.2, -0.15) is 0 Å². The maximum atomic E-state index is 11.4. The van der Waals surface area contributed by atoms with Crippen LogP contribution in [0.2, 0.25) is 0 Å². The van der Waals surface area contributed by atoms with Crippen molar-refractivity contribution in [3.05, 3.63) is 112 Å². The molecule has 0 aliphatic heterocycles. The van der Waals surface area contributed by atoms with E-state index in [1.165, 1.54) is 0 Å². The van der Waals surface area contributed by atoms with E-state index >= 15 is 0 Å². The van der Waals surface area contributed by atoms with E-state index in [9.17, 15) is 5.11 Å². The molecule has 0 unspecified atom stereocenters. The van der Waals surface area contributed by atoms with Gasteiger partial charge in [0.1, 0.15) is 15.0 Å². The van der Waals surface area contributed by atoms with Crippen molar-refractivity contribution in [3.63, 3.8) is 0 Å². The van der Waals surface area contributed by atoms with Crippen molar-refractivity contribution in [2.45, 2.75) is 0 Å². The van der Waals surface area contributed by atoms with Crippen LogP contribution in [0.3, 0.4) is 0 Å². The highest BCUT2D eigenvalue weighted by Crippen LogP contribution is 2.47. The standard InChI is InChI=1S/C30H20N2OS2/c33-24-15-14-21(18-6-2-1-3-7-18)27(22-10-4-8-19-12-16-25(34)31-29(19)22)28(24)23-11-5-9-20-13-17-26(35)32-30(20)23/h1-17,33H,(H,31,34)(H,32,35). The molecule has 2 heterocycles. The molecule has 168 valence electrons. The topological polar surface area (TPSA) is 51.8 Å². The van der Waals surface area contributed by atoms with E-state index in [1.54, 1.807) is 6.07 Å². The molecule has 5 heteroatoms. The molecule has 4 aromatic carbocycles. The summed E-state index contributed by atoms with van der Waals surface area (Å²) in [6.45, 7) is 0. The number of rotatable bonds is 3. The van der Waals surface area contributed by atoms with E-state index in [2.05, 4.69) is 34.2 Å². The lowest BCUT2D eigenvalue weighted by Gasteiger charge is -2.20. The van der Waals surface area contributed by atoms with Gasteiger partial charge in [-0.15, -0.1) is 0 Å². The van der Waals surface area contributed by atoms with Crippen molar-refractivity contribution in [1.29, 1.82) is 0 Å². The Morgan fingerprint density at radius 3 is 1.66 bits per heavy atom. The number of aromatic hydroxyl groups is 1. The van der Waals surface area contributed by atoms with Crippen molar-refractivity contribution in [3.8, 4) is 39.1 Å². The second-order valence-corrected chi connectivity index (χ2v) is 9.31. The van der Waals surface area contributed by atoms with E-state index in [0.29, 0.717) is 9.28 Å². The Balaban J connectivity index is 1.82. The van der Waals surface area contributed by atoms with E-state index < -0.39 is 0 Å². The summed E-state index contributed by atoms with van der Waals surface area (Å²) in [5.74, 6) is 0.196. The van der Waals surface area contributed by atoms with Crippen molar-refractivity contribution < 1.29 is 5.11 Å². The minimum Gasteiger partial charge on any atom is -0.507 e. The number of aromatic nitrogens is 2. The molecule has 6 rings (SSSR count).